The van der Waals surface area contributed by atoms with Gasteiger partial charge in [-0.1, -0.05) is 28.8 Å². The Morgan fingerprint density at radius 3 is 2.74 bits per heavy atom. The lowest BCUT2D eigenvalue weighted by Crippen LogP contribution is -2.39. The minimum atomic E-state index is -4.35. The predicted octanol–water partition coefficient (Wildman–Crippen LogP) is 4.87. The zero-order valence-corrected chi connectivity index (χ0v) is 17.7. The molecule has 0 aliphatic carbocycles. The standard InChI is InChI=1S/C22H21F3N4OS/c1-14-20(31-28-27-14)21(30)29-9-3-5-17(13-29)19-8-7-16(12-26-19)10-15-4-2-6-18(11-15)22(23,24)25/h2,4,6-8,11-12,17H,3,5,9-10,13H2,1H3/t17-/m0/s1. The summed E-state index contributed by atoms with van der Waals surface area (Å²) in [5.41, 5.74) is 2.33. The van der Waals surface area contributed by atoms with Crippen LogP contribution in [-0.4, -0.2) is 38.5 Å². The van der Waals surface area contributed by atoms with Crippen molar-refractivity contribution in [2.24, 2.45) is 0 Å². The van der Waals surface area contributed by atoms with Gasteiger partial charge < -0.3 is 4.90 Å². The molecule has 1 amide bonds. The number of alkyl halides is 3. The van der Waals surface area contributed by atoms with E-state index < -0.39 is 11.7 Å². The van der Waals surface area contributed by atoms with Crippen molar-refractivity contribution in [1.82, 2.24) is 19.5 Å². The minimum Gasteiger partial charge on any atom is -0.337 e. The SMILES string of the molecule is Cc1nnsc1C(=O)N1CCC[C@H](c2ccc(Cc3cccc(C(F)(F)F)c3)cn2)C1. The number of carbonyl (C=O) groups is 1. The largest absolute Gasteiger partial charge is 0.416 e. The molecule has 0 unspecified atom stereocenters. The molecule has 1 fully saturated rings. The van der Waals surface area contributed by atoms with E-state index in [1.165, 1.54) is 12.1 Å². The Balaban J connectivity index is 1.43. The summed E-state index contributed by atoms with van der Waals surface area (Å²) in [6.07, 6.45) is -0.438. The van der Waals surface area contributed by atoms with Gasteiger partial charge in [0.1, 0.15) is 4.88 Å². The summed E-state index contributed by atoms with van der Waals surface area (Å²) in [5, 5.41) is 3.92. The van der Waals surface area contributed by atoms with Crippen molar-refractivity contribution in [3.8, 4) is 0 Å². The van der Waals surface area contributed by atoms with Crippen LogP contribution in [0.3, 0.4) is 0 Å². The van der Waals surface area contributed by atoms with Crippen LogP contribution in [0.5, 0.6) is 0 Å². The number of hydrogen-bond donors (Lipinski definition) is 0. The number of aryl methyl sites for hydroxylation is 1. The quantitative estimate of drug-likeness (QED) is 0.574. The number of amides is 1. The molecule has 162 valence electrons. The summed E-state index contributed by atoms with van der Waals surface area (Å²) >= 11 is 1.12. The molecular formula is C22H21F3N4OS. The van der Waals surface area contributed by atoms with Crippen molar-refractivity contribution in [3.63, 3.8) is 0 Å². The lowest BCUT2D eigenvalue weighted by atomic mass is 9.93. The monoisotopic (exact) mass is 446 g/mol. The molecule has 0 saturated carbocycles. The third kappa shape index (κ3) is 4.92. The van der Waals surface area contributed by atoms with Gasteiger partial charge in [0.15, 0.2) is 0 Å². The van der Waals surface area contributed by atoms with Gasteiger partial charge in [-0.3, -0.25) is 9.78 Å². The highest BCUT2D eigenvalue weighted by Gasteiger charge is 2.30. The first-order valence-corrected chi connectivity index (χ1v) is 10.8. The lowest BCUT2D eigenvalue weighted by molar-refractivity contribution is -0.137. The normalized spacial score (nSPS) is 17.0. The van der Waals surface area contributed by atoms with Crippen LogP contribution in [0.1, 0.15) is 56.5 Å². The highest BCUT2D eigenvalue weighted by molar-refractivity contribution is 7.07. The first kappa shape index (κ1) is 21.4. The van der Waals surface area contributed by atoms with Gasteiger partial charge >= 0.3 is 6.18 Å². The Kier molecular flexibility index (Phi) is 6.04. The average Bonchev–Trinajstić information content (AvgIpc) is 3.19. The molecule has 9 heteroatoms. The van der Waals surface area contributed by atoms with Crippen molar-refractivity contribution in [1.29, 1.82) is 0 Å². The molecule has 0 spiro atoms. The summed E-state index contributed by atoms with van der Waals surface area (Å²) in [6, 6.07) is 9.18. The average molecular weight is 446 g/mol. The Bertz CT molecular complexity index is 1070. The number of carbonyl (C=O) groups excluding carboxylic acids is 1. The Morgan fingerprint density at radius 2 is 2.06 bits per heavy atom. The molecular weight excluding hydrogens is 425 g/mol. The Labute approximate surface area is 182 Å². The maximum absolute atomic E-state index is 12.9. The maximum Gasteiger partial charge on any atom is 0.416 e. The Hall–Kier alpha value is -2.81. The number of nitrogens with zero attached hydrogens (tertiary/aromatic N) is 4. The molecule has 3 heterocycles. The van der Waals surface area contributed by atoms with E-state index in [0.29, 0.717) is 35.6 Å². The number of piperidine rings is 1. The summed E-state index contributed by atoms with van der Waals surface area (Å²) in [5.74, 6) is 0.0832. The zero-order chi connectivity index (χ0) is 22.0. The van der Waals surface area contributed by atoms with E-state index in [9.17, 15) is 18.0 Å². The minimum absolute atomic E-state index is 0.0432. The number of pyridine rings is 1. The molecule has 0 bridgehead atoms. The first-order valence-electron chi connectivity index (χ1n) is 10.0. The fourth-order valence-electron chi connectivity index (χ4n) is 3.85. The number of halogens is 3. The molecule has 0 N–H and O–H groups in total. The number of likely N-dealkylation sites (tertiary alicyclic amines) is 1. The number of benzene rings is 1. The third-order valence-corrected chi connectivity index (χ3v) is 6.30. The van der Waals surface area contributed by atoms with Crippen molar-refractivity contribution in [3.05, 3.63) is 75.6 Å². The second-order valence-electron chi connectivity index (χ2n) is 7.74. The van der Waals surface area contributed by atoms with Gasteiger partial charge in [-0.2, -0.15) is 13.2 Å². The van der Waals surface area contributed by atoms with Crippen LogP contribution in [0.15, 0.2) is 42.6 Å². The highest BCUT2D eigenvalue weighted by Crippen LogP contribution is 2.30. The van der Waals surface area contributed by atoms with Gasteiger partial charge in [-0.15, -0.1) is 5.10 Å². The smallest absolute Gasteiger partial charge is 0.337 e. The van der Waals surface area contributed by atoms with E-state index in [-0.39, 0.29) is 11.8 Å². The fraction of sp³-hybridized carbons (Fsp3) is 0.364. The van der Waals surface area contributed by atoms with E-state index in [1.54, 1.807) is 19.2 Å². The molecule has 5 nitrogen and oxygen atoms in total. The molecule has 2 aromatic heterocycles. The third-order valence-electron chi connectivity index (χ3n) is 5.48. The molecule has 1 aromatic carbocycles. The lowest BCUT2D eigenvalue weighted by Gasteiger charge is -2.32. The molecule has 3 aromatic rings. The Morgan fingerprint density at radius 1 is 1.23 bits per heavy atom. The number of hydrogen-bond acceptors (Lipinski definition) is 5. The molecule has 31 heavy (non-hydrogen) atoms. The van der Waals surface area contributed by atoms with Crippen molar-refractivity contribution >= 4 is 17.4 Å². The van der Waals surface area contributed by atoms with Gasteiger partial charge in [0, 0.05) is 30.9 Å². The molecule has 1 aliphatic heterocycles. The van der Waals surface area contributed by atoms with Gasteiger partial charge in [0.05, 0.1) is 11.3 Å². The van der Waals surface area contributed by atoms with Crippen LogP contribution in [0.25, 0.3) is 0 Å². The van der Waals surface area contributed by atoms with Crippen LogP contribution >= 0.6 is 11.5 Å². The fourth-order valence-corrected chi connectivity index (χ4v) is 4.47. The maximum atomic E-state index is 12.9. The van der Waals surface area contributed by atoms with Crippen LogP contribution in [0, 0.1) is 6.92 Å². The van der Waals surface area contributed by atoms with Gasteiger partial charge in [0.2, 0.25) is 0 Å². The van der Waals surface area contributed by atoms with E-state index in [2.05, 4.69) is 14.6 Å². The summed E-state index contributed by atoms with van der Waals surface area (Å²) in [4.78, 5) is 19.7. The van der Waals surface area contributed by atoms with Gasteiger partial charge in [-0.25, -0.2) is 0 Å². The second-order valence-corrected chi connectivity index (χ2v) is 8.50. The molecule has 1 saturated heterocycles. The summed E-state index contributed by atoms with van der Waals surface area (Å²) in [6.45, 7) is 3.05. The van der Waals surface area contributed by atoms with E-state index in [0.717, 1.165) is 41.7 Å². The molecule has 4 rings (SSSR count). The van der Waals surface area contributed by atoms with Crippen molar-refractivity contribution < 1.29 is 18.0 Å². The topological polar surface area (TPSA) is 59.0 Å². The molecule has 0 radical (unpaired) electrons. The van der Waals surface area contributed by atoms with Crippen LogP contribution in [-0.2, 0) is 12.6 Å². The number of aromatic nitrogens is 3. The van der Waals surface area contributed by atoms with E-state index >= 15 is 0 Å². The first-order chi connectivity index (χ1) is 14.8. The van der Waals surface area contributed by atoms with Crippen LogP contribution in [0.2, 0.25) is 0 Å². The van der Waals surface area contributed by atoms with Crippen molar-refractivity contribution in [2.75, 3.05) is 13.1 Å². The zero-order valence-electron chi connectivity index (χ0n) is 16.9. The van der Waals surface area contributed by atoms with E-state index in [1.807, 2.05) is 17.0 Å². The van der Waals surface area contributed by atoms with Gasteiger partial charge in [0.25, 0.3) is 5.91 Å². The van der Waals surface area contributed by atoms with Gasteiger partial charge in [-0.05, 0) is 61.0 Å². The highest BCUT2D eigenvalue weighted by atomic mass is 32.1. The van der Waals surface area contributed by atoms with Crippen LogP contribution in [0.4, 0.5) is 13.2 Å². The molecule has 1 atom stereocenters. The summed E-state index contributed by atoms with van der Waals surface area (Å²) < 4.78 is 42.6. The van der Waals surface area contributed by atoms with E-state index in [4.69, 9.17) is 0 Å². The summed E-state index contributed by atoms with van der Waals surface area (Å²) in [7, 11) is 0. The number of rotatable bonds is 4. The van der Waals surface area contributed by atoms with Crippen LogP contribution < -0.4 is 0 Å². The molecule has 1 aliphatic rings. The second kappa shape index (κ2) is 8.74. The predicted molar refractivity (Wildman–Crippen MR) is 111 cm³/mol. The van der Waals surface area contributed by atoms with Crippen molar-refractivity contribution in [2.45, 2.75) is 38.3 Å².